The van der Waals surface area contributed by atoms with Gasteiger partial charge in [-0.15, -0.1) is 11.3 Å². The molecule has 0 saturated carbocycles. The zero-order valence-corrected chi connectivity index (χ0v) is 17.9. The molecule has 0 aliphatic heterocycles. The number of amides is 1. The van der Waals surface area contributed by atoms with Crippen molar-refractivity contribution >= 4 is 34.0 Å². The Morgan fingerprint density at radius 2 is 2.03 bits per heavy atom. The maximum Gasteiger partial charge on any atom is 0.240 e. The summed E-state index contributed by atoms with van der Waals surface area (Å²) in [4.78, 5) is 16.8. The lowest BCUT2D eigenvalue weighted by molar-refractivity contribution is -0.115. The predicted molar refractivity (Wildman–Crippen MR) is 117 cm³/mol. The largest absolute Gasteiger partial charge is 0.497 e. The molecule has 3 aromatic rings. The highest BCUT2D eigenvalue weighted by Crippen LogP contribution is 2.34. The van der Waals surface area contributed by atoms with E-state index in [4.69, 9.17) is 21.1 Å². The van der Waals surface area contributed by atoms with Crippen LogP contribution in [0, 0.1) is 0 Å². The fourth-order valence-corrected chi connectivity index (χ4v) is 3.69. The number of hydrogen-bond donors (Lipinski definition) is 2. The van der Waals surface area contributed by atoms with E-state index in [-0.39, 0.29) is 18.5 Å². The fraction of sp³-hybridized carbons (Fsp3) is 0.238. The highest BCUT2D eigenvalue weighted by Gasteiger charge is 2.13. The van der Waals surface area contributed by atoms with E-state index in [1.807, 2.05) is 48.7 Å². The molecule has 8 heteroatoms. The van der Waals surface area contributed by atoms with Crippen molar-refractivity contribution in [2.24, 2.45) is 0 Å². The van der Waals surface area contributed by atoms with E-state index in [2.05, 4.69) is 15.6 Å². The van der Waals surface area contributed by atoms with Crippen LogP contribution in [0.2, 0.25) is 5.02 Å². The molecule has 29 heavy (non-hydrogen) atoms. The maximum atomic E-state index is 12.3. The summed E-state index contributed by atoms with van der Waals surface area (Å²) < 4.78 is 10.6. The summed E-state index contributed by atoms with van der Waals surface area (Å²) in [6, 6.07) is 13.1. The molecular weight excluding hydrogens is 410 g/mol. The van der Waals surface area contributed by atoms with Gasteiger partial charge in [-0.05, 0) is 36.8 Å². The molecule has 0 aliphatic carbocycles. The zero-order valence-electron chi connectivity index (χ0n) is 16.4. The van der Waals surface area contributed by atoms with E-state index in [1.54, 1.807) is 20.3 Å². The van der Waals surface area contributed by atoms with Gasteiger partial charge in [-0.25, -0.2) is 4.98 Å². The lowest BCUT2D eigenvalue weighted by atomic mass is 10.1. The summed E-state index contributed by atoms with van der Waals surface area (Å²) in [5, 5.41) is 9.09. The number of halogens is 1. The van der Waals surface area contributed by atoms with Gasteiger partial charge >= 0.3 is 0 Å². The van der Waals surface area contributed by atoms with Gasteiger partial charge in [-0.1, -0.05) is 23.7 Å². The summed E-state index contributed by atoms with van der Waals surface area (Å²) in [5.41, 5.74) is 2.58. The van der Waals surface area contributed by atoms with Crippen molar-refractivity contribution < 1.29 is 14.3 Å². The van der Waals surface area contributed by atoms with Crippen LogP contribution in [-0.2, 0) is 4.79 Å². The van der Waals surface area contributed by atoms with E-state index >= 15 is 0 Å². The average Bonchev–Trinajstić information content (AvgIpc) is 3.19. The first-order valence-corrected chi connectivity index (χ1v) is 10.2. The predicted octanol–water partition coefficient (Wildman–Crippen LogP) is 4.77. The first-order chi connectivity index (χ1) is 14.0. The van der Waals surface area contributed by atoms with Crippen molar-refractivity contribution in [3.8, 4) is 22.8 Å². The lowest BCUT2D eigenvalue weighted by Gasteiger charge is -2.14. The first-order valence-electron chi connectivity index (χ1n) is 8.96. The number of hydrogen-bond acceptors (Lipinski definition) is 6. The molecule has 1 atom stereocenters. The summed E-state index contributed by atoms with van der Waals surface area (Å²) in [7, 11) is 3.20. The average molecular weight is 432 g/mol. The molecule has 0 fully saturated rings. The molecule has 2 aromatic carbocycles. The minimum Gasteiger partial charge on any atom is -0.497 e. The van der Waals surface area contributed by atoms with E-state index in [0.717, 1.165) is 16.8 Å². The van der Waals surface area contributed by atoms with Gasteiger partial charge in [0, 0.05) is 28.1 Å². The van der Waals surface area contributed by atoms with Crippen molar-refractivity contribution in [1.82, 2.24) is 10.3 Å². The Morgan fingerprint density at radius 1 is 1.21 bits per heavy atom. The number of methoxy groups -OCH3 is 2. The smallest absolute Gasteiger partial charge is 0.240 e. The van der Waals surface area contributed by atoms with E-state index in [0.29, 0.717) is 21.7 Å². The molecule has 1 heterocycles. The zero-order chi connectivity index (χ0) is 20.8. The number of thiazole rings is 1. The van der Waals surface area contributed by atoms with Crippen molar-refractivity contribution in [2.45, 2.75) is 13.0 Å². The second-order valence-electron chi connectivity index (χ2n) is 6.31. The minimum absolute atomic E-state index is 0.00475. The summed E-state index contributed by atoms with van der Waals surface area (Å²) in [5.74, 6) is 1.19. The Labute approximate surface area is 178 Å². The van der Waals surface area contributed by atoms with Crippen LogP contribution in [-0.4, -0.2) is 31.7 Å². The number of benzene rings is 2. The third-order valence-electron chi connectivity index (χ3n) is 4.35. The van der Waals surface area contributed by atoms with Crippen molar-refractivity contribution in [1.29, 1.82) is 0 Å². The van der Waals surface area contributed by atoms with Crippen molar-refractivity contribution in [3.63, 3.8) is 0 Å². The van der Waals surface area contributed by atoms with Gasteiger partial charge < -0.3 is 20.1 Å². The van der Waals surface area contributed by atoms with Crippen LogP contribution in [0.15, 0.2) is 47.8 Å². The van der Waals surface area contributed by atoms with Crippen LogP contribution in [0.4, 0.5) is 5.13 Å². The molecule has 1 aromatic heterocycles. The topological polar surface area (TPSA) is 72.5 Å². The molecule has 0 spiro atoms. The SMILES string of the molecule is COc1ccc(-c2csc(NC(=O)CNC(C)c3cccc(Cl)c3)n2)c(OC)c1. The number of aromatic nitrogens is 1. The number of carbonyl (C=O) groups is 1. The molecule has 0 bridgehead atoms. The Kier molecular flexibility index (Phi) is 7.09. The fourth-order valence-electron chi connectivity index (χ4n) is 2.77. The number of carbonyl (C=O) groups excluding carboxylic acids is 1. The second-order valence-corrected chi connectivity index (χ2v) is 7.60. The molecule has 0 saturated heterocycles. The maximum absolute atomic E-state index is 12.3. The molecule has 0 aliphatic rings. The Morgan fingerprint density at radius 3 is 2.76 bits per heavy atom. The van der Waals surface area contributed by atoms with E-state index < -0.39 is 0 Å². The second kappa shape index (κ2) is 9.73. The van der Waals surface area contributed by atoms with Gasteiger partial charge in [0.15, 0.2) is 5.13 Å². The monoisotopic (exact) mass is 431 g/mol. The van der Waals surface area contributed by atoms with Crippen LogP contribution in [0.3, 0.4) is 0 Å². The quantitative estimate of drug-likeness (QED) is 0.537. The Bertz CT molecular complexity index is 993. The van der Waals surface area contributed by atoms with E-state index in [1.165, 1.54) is 11.3 Å². The molecule has 6 nitrogen and oxygen atoms in total. The standard InChI is InChI=1S/C21H22ClN3O3S/c1-13(14-5-4-6-15(22)9-14)23-11-20(26)25-21-24-18(12-29-21)17-8-7-16(27-2)10-19(17)28-3/h4-10,12-13,23H,11H2,1-3H3,(H,24,25,26). The number of ether oxygens (including phenoxy) is 2. The van der Waals surface area contributed by atoms with Gasteiger partial charge in [0.2, 0.25) is 5.91 Å². The number of anilines is 1. The summed E-state index contributed by atoms with van der Waals surface area (Å²) in [6.07, 6.45) is 0. The van der Waals surface area contributed by atoms with Gasteiger partial charge in [0.05, 0.1) is 26.5 Å². The number of rotatable bonds is 8. The van der Waals surface area contributed by atoms with Gasteiger partial charge in [0.1, 0.15) is 11.5 Å². The van der Waals surface area contributed by atoms with Gasteiger partial charge in [-0.2, -0.15) is 0 Å². The molecule has 152 valence electrons. The van der Waals surface area contributed by atoms with Crippen LogP contribution in [0.1, 0.15) is 18.5 Å². The third kappa shape index (κ3) is 5.47. The van der Waals surface area contributed by atoms with Crippen LogP contribution >= 0.6 is 22.9 Å². The van der Waals surface area contributed by atoms with E-state index in [9.17, 15) is 4.79 Å². The van der Waals surface area contributed by atoms with Gasteiger partial charge in [0.25, 0.3) is 0 Å². The lowest BCUT2D eigenvalue weighted by Crippen LogP contribution is -2.30. The summed E-state index contributed by atoms with van der Waals surface area (Å²) >= 11 is 7.38. The molecular formula is C21H22ClN3O3S. The normalized spacial score (nSPS) is 11.7. The molecule has 1 amide bonds. The first kappa shape index (κ1) is 21.1. The van der Waals surface area contributed by atoms with Crippen LogP contribution in [0.5, 0.6) is 11.5 Å². The Balaban J connectivity index is 1.60. The van der Waals surface area contributed by atoms with Crippen molar-refractivity contribution in [3.05, 3.63) is 58.4 Å². The minimum atomic E-state index is -0.165. The molecule has 3 rings (SSSR count). The molecule has 0 radical (unpaired) electrons. The number of nitrogens with one attached hydrogen (secondary N) is 2. The van der Waals surface area contributed by atoms with Crippen LogP contribution < -0.4 is 20.1 Å². The highest BCUT2D eigenvalue weighted by atomic mass is 35.5. The number of nitrogens with zero attached hydrogens (tertiary/aromatic N) is 1. The third-order valence-corrected chi connectivity index (χ3v) is 5.35. The highest BCUT2D eigenvalue weighted by molar-refractivity contribution is 7.14. The molecule has 2 N–H and O–H groups in total. The van der Waals surface area contributed by atoms with Crippen LogP contribution in [0.25, 0.3) is 11.3 Å². The summed E-state index contributed by atoms with van der Waals surface area (Å²) in [6.45, 7) is 2.14. The Hall–Kier alpha value is -2.61. The van der Waals surface area contributed by atoms with Crippen molar-refractivity contribution in [2.75, 3.05) is 26.1 Å². The molecule has 1 unspecified atom stereocenters. The van der Waals surface area contributed by atoms with Gasteiger partial charge in [-0.3, -0.25) is 4.79 Å².